The van der Waals surface area contributed by atoms with Gasteiger partial charge in [-0.3, -0.25) is 29.5 Å². The summed E-state index contributed by atoms with van der Waals surface area (Å²) in [6.07, 6.45) is 2.94. The number of aromatic amines is 2. The van der Waals surface area contributed by atoms with Crippen molar-refractivity contribution in [2.24, 2.45) is 5.41 Å². The van der Waals surface area contributed by atoms with Crippen molar-refractivity contribution < 1.29 is 28.7 Å². The summed E-state index contributed by atoms with van der Waals surface area (Å²) < 4.78 is 10.2. The smallest absolute Gasteiger partial charge is 0.328 e. The van der Waals surface area contributed by atoms with E-state index in [-0.39, 0.29) is 55.9 Å². The molecule has 224 valence electrons. The van der Waals surface area contributed by atoms with E-state index in [0.29, 0.717) is 29.4 Å². The molecular formula is C30H37N5O7. The molecule has 0 saturated heterocycles. The van der Waals surface area contributed by atoms with Gasteiger partial charge in [0.25, 0.3) is 11.5 Å². The Balaban J connectivity index is 1.47. The highest BCUT2D eigenvalue weighted by atomic mass is 16.5. The summed E-state index contributed by atoms with van der Waals surface area (Å²) in [6.45, 7) is 9.31. The number of hydrogen-bond donors (Lipinski definition) is 3. The number of anilines is 1. The van der Waals surface area contributed by atoms with Gasteiger partial charge in [0.2, 0.25) is 11.9 Å². The molecule has 0 unspecified atom stereocenters. The Hall–Kier alpha value is -4.48. The average Bonchev–Trinajstić information content (AvgIpc) is 3.48. The molecule has 2 aromatic heterocycles. The van der Waals surface area contributed by atoms with E-state index in [1.165, 1.54) is 4.90 Å². The lowest BCUT2D eigenvalue weighted by Gasteiger charge is -2.25. The fourth-order valence-corrected chi connectivity index (χ4v) is 4.86. The van der Waals surface area contributed by atoms with Crippen molar-refractivity contribution in [3.8, 4) is 0 Å². The van der Waals surface area contributed by atoms with Crippen LogP contribution in [-0.4, -0.2) is 62.9 Å². The number of carbonyl (C=O) groups is 4. The van der Waals surface area contributed by atoms with Crippen molar-refractivity contribution in [2.45, 2.75) is 72.9 Å². The van der Waals surface area contributed by atoms with E-state index >= 15 is 0 Å². The van der Waals surface area contributed by atoms with E-state index < -0.39 is 23.4 Å². The van der Waals surface area contributed by atoms with E-state index in [4.69, 9.17) is 9.47 Å². The summed E-state index contributed by atoms with van der Waals surface area (Å²) in [5.74, 6) is -1.46. The first-order valence-electron chi connectivity index (χ1n) is 14.1. The van der Waals surface area contributed by atoms with Crippen LogP contribution < -0.4 is 10.9 Å². The predicted molar refractivity (Wildman–Crippen MR) is 155 cm³/mol. The molecule has 42 heavy (non-hydrogen) atoms. The molecule has 1 atom stereocenters. The number of amides is 2. The molecule has 0 bridgehead atoms. The van der Waals surface area contributed by atoms with Crippen LogP contribution in [0.3, 0.4) is 0 Å². The number of carbonyl (C=O) groups excluding carboxylic acids is 4. The maximum Gasteiger partial charge on any atom is 0.328 e. The van der Waals surface area contributed by atoms with Crippen LogP contribution >= 0.6 is 0 Å². The maximum absolute atomic E-state index is 13.2. The van der Waals surface area contributed by atoms with Crippen LogP contribution in [0.2, 0.25) is 0 Å². The third-order valence-corrected chi connectivity index (χ3v) is 7.08. The lowest BCUT2D eigenvalue weighted by molar-refractivity contribution is -0.150. The quantitative estimate of drug-likeness (QED) is 0.292. The fraction of sp³-hybridized carbons (Fsp3) is 0.467. The Morgan fingerprint density at radius 3 is 2.52 bits per heavy atom. The van der Waals surface area contributed by atoms with Crippen LogP contribution in [0, 0.1) is 5.41 Å². The molecule has 0 saturated carbocycles. The van der Waals surface area contributed by atoms with E-state index in [2.05, 4.69) is 20.3 Å². The lowest BCUT2D eigenvalue weighted by atomic mass is 9.96. The van der Waals surface area contributed by atoms with Gasteiger partial charge < -0.3 is 19.4 Å². The number of esters is 2. The summed E-state index contributed by atoms with van der Waals surface area (Å²) in [5.41, 5.74) is 2.38. The first kappa shape index (κ1) is 30.5. The normalized spacial score (nSPS) is 13.6. The highest BCUT2D eigenvalue weighted by Gasteiger charge is 2.37. The topological polar surface area (TPSA) is 164 Å². The number of H-pyrrole nitrogens is 2. The number of ether oxygens (including phenoxy) is 2. The minimum absolute atomic E-state index is 0.00818. The summed E-state index contributed by atoms with van der Waals surface area (Å²) in [7, 11) is 0. The maximum atomic E-state index is 13.2. The number of benzene rings is 1. The number of nitrogens with zero attached hydrogens (tertiary/aromatic N) is 2. The second kappa shape index (κ2) is 12.6. The number of hydrogen-bond acceptors (Lipinski definition) is 8. The van der Waals surface area contributed by atoms with Crippen molar-refractivity contribution in [1.82, 2.24) is 19.9 Å². The Morgan fingerprint density at radius 2 is 1.83 bits per heavy atom. The zero-order chi connectivity index (χ0) is 30.6. The Kier molecular flexibility index (Phi) is 9.13. The van der Waals surface area contributed by atoms with Gasteiger partial charge in [0.15, 0.2) is 0 Å². The minimum atomic E-state index is -0.902. The van der Waals surface area contributed by atoms with Crippen molar-refractivity contribution in [3.63, 3.8) is 0 Å². The molecule has 12 nitrogen and oxygen atoms in total. The summed E-state index contributed by atoms with van der Waals surface area (Å²) in [4.78, 5) is 74.5. The van der Waals surface area contributed by atoms with Gasteiger partial charge in [-0.1, -0.05) is 32.9 Å². The first-order chi connectivity index (χ1) is 19.9. The second-order valence-electron chi connectivity index (χ2n) is 11.2. The van der Waals surface area contributed by atoms with Crippen molar-refractivity contribution >= 4 is 40.7 Å². The van der Waals surface area contributed by atoms with Crippen LogP contribution in [0.4, 0.5) is 5.95 Å². The molecule has 0 fully saturated rings. The molecule has 2 amide bonds. The lowest BCUT2D eigenvalue weighted by Crippen LogP contribution is -2.42. The predicted octanol–water partition coefficient (Wildman–Crippen LogP) is 3.25. The molecule has 3 aromatic rings. The molecule has 0 spiro atoms. The fourth-order valence-electron chi connectivity index (χ4n) is 4.86. The third kappa shape index (κ3) is 6.69. The van der Waals surface area contributed by atoms with Crippen molar-refractivity contribution in [2.75, 3.05) is 18.5 Å². The number of fused-ring (bicyclic) bond motifs is 2. The molecule has 1 aliphatic heterocycles. The molecule has 0 radical (unpaired) electrons. The summed E-state index contributed by atoms with van der Waals surface area (Å²) in [6, 6.07) is 4.63. The van der Waals surface area contributed by atoms with Crippen LogP contribution in [-0.2, 0) is 43.2 Å². The van der Waals surface area contributed by atoms with E-state index in [1.54, 1.807) is 46.9 Å². The standard InChI is InChI=1S/C30H37N5O7/c1-6-41-22(36)13-12-21(27(39)42-7-2)35-16-19-14-17(9-11-20(19)26(35)38)8-10-18-15-31-24-23(18)25(37)33-29(32-24)34-28(40)30(3,4)5/h9,11,14-15,21H,6-8,10,12-13,16H2,1-5H3,(H3,31,32,33,34,37,40)/t21-/m0/s1. The molecular weight excluding hydrogens is 542 g/mol. The Morgan fingerprint density at radius 1 is 1.10 bits per heavy atom. The highest BCUT2D eigenvalue weighted by Crippen LogP contribution is 2.28. The Labute approximate surface area is 243 Å². The largest absolute Gasteiger partial charge is 0.466 e. The Bertz CT molecular complexity index is 1570. The van der Waals surface area contributed by atoms with Gasteiger partial charge in [-0.25, -0.2) is 4.79 Å². The SMILES string of the molecule is CCOC(=O)CC[C@@H](C(=O)OCC)N1Cc2cc(CCc3c[nH]c4nc(NC(=O)C(C)(C)C)[nH]c(=O)c34)ccc2C1=O. The number of aromatic nitrogens is 3. The van der Waals surface area contributed by atoms with Gasteiger partial charge in [-0.05, 0) is 55.9 Å². The first-order valence-corrected chi connectivity index (χ1v) is 14.1. The van der Waals surface area contributed by atoms with Crippen molar-refractivity contribution in [3.05, 3.63) is 57.0 Å². The van der Waals surface area contributed by atoms with E-state index in [9.17, 15) is 24.0 Å². The molecule has 3 N–H and O–H groups in total. The third-order valence-electron chi connectivity index (χ3n) is 7.08. The van der Waals surface area contributed by atoms with Gasteiger partial charge in [0.05, 0.1) is 18.6 Å². The molecule has 12 heteroatoms. The summed E-state index contributed by atoms with van der Waals surface area (Å²) >= 11 is 0. The molecule has 3 heterocycles. The van der Waals surface area contributed by atoms with Crippen molar-refractivity contribution in [1.29, 1.82) is 0 Å². The zero-order valence-electron chi connectivity index (χ0n) is 24.6. The minimum Gasteiger partial charge on any atom is -0.466 e. The van der Waals surface area contributed by atoms with Gasteiger partial charge in [-0.2, -0.15) is 4.98 Å². The zero-order valence-corrected chi connectivity index (χ0v) is 24.6. The van der Waals surface area contributed by atoms with Crippen LogP contribution in [0.1, 0.15) is 74.5 Å². The number of nitrogens with one attached hydrogen (secondary N) is 3. The second-order valence-corrected chi connectivity index (χ2v) is 11.2. The van der Waals surface area contributed by atoms with E-state index in [0.717, 1.165) is 16.7 Å². The van der Waals surface area contributed by atoms with Crippen LogP contribution in [0.15, 0.2) is 29.2 Å². The van der Waals surface area contributed by atoms with E-state index in [1.807, 2.05) is 12.1 Å². The molecule has 4 rings (SSSR count). The van der Waals surface area contributed by atoms with Gasteiger partial charge in [0, 0.05) is 30.1 Å². The van der Waals surface area contributed by atoms with Gasteiger partial charge in [0.1, 0.15) is 11.7 Å². The number of rotatable bonds is 11. The van der Waals surface area contributed by atoms with Gasteiger partial charge >= 0.3 is 11.9 Å². The number of aryl methyl sites for hydroxylation is 2. The highest BCUT2D eigenvalue weighted by molar-refractivity contribution is 6.00. The monoisotopic (exact) mass is 579 g/mol. The van der Waals surface area contributed by atoms with Crippen LogP contribution in [0.25, 0.3) is 11.0 Å². The van der Waals surface area contributed by atoms with Gasteiger partial charge in [-0.15, -0.1) is 0 Å². The molecule has 1 aromatic carbocycles. The summed E-state index contributed by atoms with van der Waals surface area (Å²) in [5, 5.41) is 3.07. The molecule has 1 aliphatic rings. The average molecular weight is 580 g/mol. The van der Waals surface area contributed by atoms with Crippen LogP contribution in [0.5, 0.6) is 0 Å². The molecule has 0 aliphatic carbocycles.